The Bertz CT molecular complexity index is 312. The average Bonchev–Trinajstić information content (AvgIpc) is 1.99. The number of hydrogen-bond donors (Lipinski definition) is 1. The van der Waals surface area contributed by atoms with E-state index in [0.29, 0.717) is 19.3 Å². The molecule has 3 nitrogen and oxygen atoms in total. The number of nitrogens with two attached hydrogens (primary N) is 1. The number of primary sulfonamides is 1. The van der Waals surface area contributed by atoms with Gasteiger partial charge in [0, 0.05) is 0 Å². The highest BCUT2D eigenvalue weighted by atomic mass is 32.2. The van der Waals surface area contributed by atoms with Crippen LogP contribution >= 0.6 is 0 Å². The summed E-state index contributed by atoms with van der Waals surface area (Å²) in [4.78, 5) is 0. The van der Waals surface area contributed by atoms with Gasteiger partial charge in [-0.3, -0.25) is 0 Å². The Morgan fingerprint density at radius 1 is 1.20 bits per heavy atom. The van der Waals surface area contributed by atoms with E-state index in [4.69, 9.17) is 5.14 Å². The van der Waals surface area contributed by atoms with E-state index in [9.17, 15) is 21.6 Å². The van der Waals surface area contributed by atoms with Crippen LogP contribution in [0.3, 0.4) is 0 Å². The SMILES string of the molecule is NS(=O)(=O)C[C@H]1CCCC[C@@H]1C(F)(F)F. The molecule has 1 rings (SSSR count). The fourth-order valence-electron chi connectivity index (χ4n) is 2.14. The van der Waals surface area contributed by atoms with Crippen molar-refractivity contribution in [2.75, 3.05) is 5.75 Å². The molecule has 2 atom stereocenters. The number of halogens is 3. The normalized spacial score (nSPS) is 29.1. The molecular formula is C8H14F3NO2S. The van der Waals surface area contributed by atoms with E-state index in [1.54, 1.807) is 0 Å². The third kappa shape index (κ3) is 3.98. The number of rotatable bonds is 2. The van der Waals surface area contributed by atoms with Crippen LogP contribution in [0.15, 0.2) is 0 Å². The molecule has 0 spiro atoms. The molecule has 0 unspecified atom stereocenters. The van der Waals surface area contributed by atoms with Gasteiger partial charge in [-0.25, -0.2) is 13.6 Å². The van der Waals surface area contributed by atoms with Crippen molar-refractivity contribution < 1.29 is 21.6 Å². The molecule has 1 aliphatic rings. The predicted octanol–water partition coefficient (Wildman–Crippen LogP) is 1.64. The third-order valence-electron chi connectivity index (χ3n) is 2.78. The number of sulfonamides is 1. The van der Waals surface area contributed by atoms with Gasteiger partial charge >= 0.3 is 6.18 Å². The van der Waals surface area contributed by atoms with Crippen molar-refractivity contribution in [1.29, 1.82) is 0 Å². The summed E-state index contributed by atoms with van der Waals surface area (Å²) in [5.74, 6) is -2.93. The Kier molecular flexibility index (Phi) is 3.65. The standard InChI is InChI=1S/C8H14F3NO2S/c9-8(10,11)7-4-2-1-3-6(7)5-15(12,13)14/h6-7H,1-5H2,(H2,12,13,14)/t6-,7+/m1/s1. The minimum Gasteiger partial charge on any atom is -0.229 e. The molecule has 7 heteroatoms. The van der Waals surface area contributed by atoms with Crippen molar-refractivity contribution in [3.05, 3.63) is 0 Å². The molecular weight excluding hydrogens is 231 g/mol. The quantitative estimate of drug-likeness (QED) is 0.804. The topological polar surface area (TPSA) is 60.2 Å². The lowest BCUT2D eigenvalue weighted by Gasteiger charge is -2.32. The van der Waals surface area contributed by atoms with Crippen LogP contribution in [0.2, 0.25) is 0 Å². The molecule has 1 fully saturated rings. The molecule has 0 amide bonds. The molecule has 0 aliphatic heterocycles. The predicted molar refractivity (Wildman–Crippen MR) is 49.5 cm³/mol. The Labute approximate surface area is 86.9 Å². The van der Waals surface area contributed by atoms with Crippen molar-refractivity contribution >= 4 is 10.0 Å². The lowest BCUT2D eigenvalue weighted by molar-refractivity contribution is -0.193. The van der Waals surface area contributed by atoms with Gasteiger partial charge in [-0.1, -0.05) is 12.8 Å². The maximum atomic E-state index is 12.5. The van der Waals surface area contributed by atoms with Crippen LogP contribution in [0.4, 0.5) is 13.2 Å². The summed E-state index contributed by atoms with van der Waals surface area (Å²) in [7, 11) is -3.82. The summed E-state index contributed by atoms with van der Waals surface area (Å²) in [6.45, 7) is 0. The van der Waals surface area contributed by atoms with Crippen molar-refractivity contribution in [3.63, 3.8) is 0 Å². The first-order valence-electron chi connectivity index (χ1n) is 4.77. The van der Waals surface area contributed by atoms with Gasteiger partial charge in [-0.2, -0.15) is 13.2 Å². The minimum absolute atomic E-state index is 0.0175. The van der Waals surface area contributed by atoms with Crippen LogP contribution in [0.25, 0.3) is 0 Å². The molecule has 0 radical (unpaired) electrons. The van der Waals surface area contributed by atoms with Crippen LogP contribution in [-0.4, -0.2) is 20.3 Å². The van der Waals surface area contributed by atoms with Crippen LogP contribution < -0.4 is 5.14 Å². The second kappa shape index (κ2) is 4.29. The molecule has 90 valence electrons. The Hall–Kier alpha value is -0.300. The van der Waals surface area contributed by atoms with Gasteiger partial charge in [0.25, 0.3) is 0 Å². The molecule has 1 saturated carbocycles. The fourth-order valence-corrected chi connectivity index (χ4v) is 3.13. The van der Waals surface area contributed by atoms with Gasteiger partial charge < -0.3 is 0 Å². The summed E-state index contributed by atoms with van der Waals surface area (Å²) >= 11 is 0. The van der Waals surface area contributed by atoms with Gasteiger partial charge in [0.2, 0.25) is 10.0 Å². The van der Waals surface area contributed by atoms with Gasteiger partial charge in [-0.15, -0.1) is 0 Å². The maximum Gasteiger partial charge on any atom is 0.392 e. The van der Waals surface area contributed by atoms with E-state index in [0.717, 1.165) is 0 Å². The van der Waals surface area contributed by atoms with E-state index >= 15 is 0 Å². The lowest BCUT2D eigenvalue weighted by atomic mass is 9.80. The molecule has 0 aromatic rings. The van der Waals surface area contributed by atoms with E-state index in [1.807, 2.05) is 0 Å². The molecule has 2 N–H and O–H groups in total. The van der Waals surface area contributed by atoms with Gasteiger partial charge in [0.15, 0.2) is 0 Å². The smallest absolute Gasteiger partial charge is 0.229 e. The third-order valence-corrected chi connectivity index (χ3v) is 3.67. The molecule has 0 bridgehead atoms. The van der Waals surface area contributed by atoms with Crippen molar-refractivity contribution in [2.24, 2.45) is 17.0 Å². The van der Waals surface area contributed by atoms with Crippen LogP contribution in [0.1, 0.15) is 25.7 Å². The van der Waals surface area contributed by atoms with E-state index < -0.39 is 33.8 Å². The molecule has 15 heavy (non-hydrogen) atoms. The highest BCUT2D eigenvalue weighted by Gasteiger charge is 2.46. The fraction of sp³-hybridized carbons (Fsp3) is 1.00. The average molecular weight is 245 g/mol. The van der Waals surface area contributed by atoms with Crippen molar-refractivity contribution in [3.8, 4) is 0 Å². The van der Waals surface area contributed by atoms with Crippen molar-refractivity contribution in [2.45, 2.75) is 31.9 Å². The second-order valence-corrected chi connectivity index (χ2v) is 5.68. The summed E-state index contributed by atoms with van der Waals surface area (Å²) in [5.41, 5.74) is 0. The zero-order valence-corrected chi connectivity index (χ0v) is 8.94. The van der Waals surface area contributed by atoms with E-state index in [1.165, 1.54) is 0 Å². The van der Waals surface area contributed by atoms with E-state index in [2.05, 4.69) is 0 Å². The molecule has 0 heterocycles. The largest absolute Gasteiger partial charge is 0.392 e. The van der Waals surface area contributed by atoms with Gasteiger partial charge in [-0.05, 0) is 18.8 Å². The number of alkyl halides is 3. The molecule has 0 aromatic heterocycles. The van der Waals surface area contributed by atoms with Crippen LogP contribution in [-0.2, 0) is 10.0 Å². The highest BCUT2D eigenvalue weighted by Crippen LogP contribution is 2.41. The lowest BCUT2D eigenvalue weighted by Crippen LogP contribution is -2.38. The first kappa shape index (κ1) is 12.8. The van der Waals surface area contributed by atoms with Crippen LogP contribution in [0, 0.1) is 11.8 Å². The monoisotopic (exact) mass is 245 g/mol. The zero-order chi connectivity index (χ0) is 11.7. The van der Waals surface area contributed by atoms with Gasteiger partial charge in [0.1, 0.15) is 0 Å². The molecule has 0 saturated heterocycles. The first-order chi connectivity index (χ1) is 6.70. The summed E-state index contributed by atoms with van der Waals surface area (Å²) in [6.07, 6.45) is -2.85. The van der Waals surface area contributed by atoms with Crippen LogP contribution in [0.5, 0.6) is 0 Å². The summed E-state index contributed by atoms with van der Waals surface area (Å²) in [6, 6.07) is 0. The first-order valence-corrected chi connectivity index (χ1v) is 6.49. The van der Waals surface area contributed by atoms with Gasteiger partial charge in [0.05, 0.1) is 11.7 Å². The number of hydrogen-bond acceptors (Lipinski definition) is 2. The highest BCUT2D eigenvalue weighted by molar-refractivity contribution is 7.89. The minimum atomic E-state index is -4.31. The zero-order valence-electron chi connectivity index (χ0n) is 8.13. The Balaban J connectivity index is 2.75. The molecule has 1 aliphatic carbocycles. The summed E-state index contributed by atoms with van der Waals surface area (Å²) in [5, 5.41) is 4.78. The van der Waals surface area contributed by atoms with Crippen molar-refractivity contribution in [1.82, 2.24) is 0 Å². The summed E-state index contributed by atoms with van der Waals surface area (Å²) < 4.78 is 59.2. The van der Waals surface area contributed by atoms with E-state index in [-0.39, 0.29) is 6.42 Å². The molecule has 0 aromatic carbocycles. The Morgan fingerprint density at radius 2 is 1.73 bits per heavy atom. The maximum absolute atomic E-state index is 12.5. The Morgan fingerprint density at radius 3 is 2.20 bits per heavy atom. The second-order valence-electron chi connectivity index (χ2n) is 4.02.